The molecule has 0 amide bonds. The first-order chi connectivity index (χ1) is 14.3. The normalized spacial score (nSPS) is 11.2. The summed E-state index contributed by atoms with van der Waals surface area (Å²) in [5.74, 6) is 1.73. The van der Waals surface area contributed by atoms with Gasteiger partial charge in [-0.1, -0.05) is 44.7 Å². The van der Waals surface area contributed by atoms with Gasteiger partial charge in [-0.15, -0.1) is 11.3 Å². The Morgan fingerprint density at radius 1 is 1.03 bits per heavy atom. The third kappa shape index (κ3) is 5.24. The van der Waals surface area contributed by atoms with Crippen molar-refractivity contribution < 1.29 is 9.15 Å². The first-order valence-electron chi connectivity index (χ1n) is 10.3. The fourth-order valence-electron chi connectivity index (χ4n) is 3.29. The molecule has 4 aromatic rings. The standard InChI is InChI=1S/C24H26N2O2S/c1-2-3-4-5-6-13-27-20-9-7-18(8-10-20)14-24-26-21(17-29-24)23-15-19-16-25-12-11-22(19)28-23/h7-12,15-17H,2-6,13-14H2,1H3. The number of aromatic nitrogens is 2. The van der Waals surface area contributed by atoms with Gasteiger partial charge in [0.15, 0.2) is 5.76 Å². The highest BCUT2D eigenvalue weighted by molar-refractivity contribution is 7.10. The molecule has 150 valence electrons. The summed E-state index contributed by atoms with van der Waals surface area (Å²) in [6.45, 7) is 3.03. The molecule has 0 fully saturated rings. The lowest BCUT2D eigenvalue weighted by atomic mass is 10.1. The second-order valence-electron chi connectivity index (χ2n) is 7.23. The Bertz CT molecular complexity index is 1000. The zero-order valence-corrected chi connectivity index (χ0v) is 17.6. The smallest absolute Gasteiger partial charge is 0.154 e. The van der Waals surface area contributed by atoms with Crippen LogP contribution in [0.4, 0.5) is 0 Å². The fourth-order valence-corrected chi connectivity index (χ4v) is 4.11. The summed E-state index contributed by atoms with van der Waals surface area (Å²) in [6.07, 6.45) is 10.6. The Morgan fingerprint density at radius 2 is 1.90 bits per heavy atom. The van der Waals surface area contributed by atoms with E-state index in [2.05, 4.69) is 41.6 Å². The van der Waals surface area contributed by atoms with Crippen LogP contribution < -0.4 is 4.74 Å². The van der Waals surface area contributed by atoms with E-state index < -0.39 is 0 Å². The van der Waals surface area contributed by atoms with E-state index in [1.807, 2.05) is 18.3 Å². The molecular weight excluding hydrogens is 380 g/mol. The van der Waals surface area contributed by atoms with Crippen molar-refractivity contribution >= 4 is 22.3 Å². The van der Waals surface area contributed by atoms with Crippen LogP contribution in [0.2, 0.25) is 0 Å². The van der Waals surface area contributed by atoms with Gasteiger partial charge in [-0.05, 0) is 36.2 Å². The van der Waals surface area contributed by atoms with Gasteiger partial charge < -0.3 is 9.15 Å². The number of hydrogen-bond donors (Lipinski definition) is 0. The van der Waals surface area contributed by atoms with E-state index in [1.165, 1.54) is 31.2 Å². The van der Waals surface area contributed by atoms with E-state index in [1.54, 1.807) is 17.5 Å². The highest BCUT2D eigenvalue weighted by Gasteiger charge is 2.11. The predicted molar refractivity (Wildman–Crippen MR) is 119 cm³/mol. The first-order valence-corrected chi connectivity index (χ1v) is 11.2. The summed E-state index contributed by atoms with van der Waals surface area (Å²) in [4.78, 5) is 8.89. The highest BCUT2D eigenvalue weighted by atomic mass is 32.1. The number of unbranched alkanes of at least 4 members (excludes halogenated alkanes) is 4. The van der Waals surface area contributed by atoms with Crippen LogP contribution in [-0.2, 0) is 6.42 Å². The molecule has 0 spiro atoms. The lowest BCUT2D eigenvalue weighted by Crippen LogP contribution is -1.97. The van der Waals surface area contributed by atoms with Gasteiger partial charge in [0, 0.05) is 29.6 Å². The van der Waals surface area contributed by atoms with Crippen molar-refractivity contribution in [3.05, 3.63) is 64.7 Å². The van der Waals surface area contributed by atoms with Crippen LogP contribution in [0.3, 0.4) is 0 Å². The summed E-state index contributed by atoms with van der Waals surface area (Å²) in [7, 11) is 0. The van der Waals surface area contributed by atoms with Gasteiger partial charge >= 0.3 is 0 Å². The van der Waals surface area contributed by atoms with Crippen LogP contribution in [0.5, 0.6) is 5.75 Å². The molecule has 5 heteroatoms. The molecule has 0 N–H and O–H groups in total. The van der Waals surface area contributed by atoms with Gasteiger partial charge in [-0.25, -0.2) is 4.98 Å². The lowest BCUT2D eigenvalue weighted by molar-refractivity contribution is 0.304. The van der Waals surface area contributed by atoms with E-state index in [-0.39, 0.29) is 0 Å². The van der Waals surface area contributed by atoms with Crippen molar-refractivity contribution in [2.24, 2.45) is 0 Å². The summed E-state index contributed by atoms with van der Waals surface area (Å²) < 4.78 is 11.7. The van der Waals surface area contributed by atoms with Gasteiger partial charge in [0.25, 0.3) is 0 Å². The fraction of sp³-hybridized carbons (Fsp3) is 0.333. The van der Waals surface area contributed by atoms with E-state index in [9.17, 15) is 0 Å². The summed E-state index contributed by atoms with van der Waals surface area (Å²) in [5, 5.41) is 4.12. The quantitative estimate of drug-likeness (QED) is 0.269. The largest absolute Gasteiger partial charge is 0.494 e. The molecule has 0 saturated heterocycles. The monoisotopic (exact) mass is 406 g/mol. The zero-order chi connectivity index (χ0) is 19.9. The number of pyridine rings is 1. The van der Waals surface area contributed by atoms with Crippen LogP contribution in [0.25, 0.3) is 22.4 Å². The van der Waals surface area contributed by atoms with Crippen LogP contribution in [0, 0.1) is 0 Å². The lowest BCUT2D eigenvalue weighted by Gasteiger charge is -2.07. The summed E-state index contributed by atoms with van der Waals surface area (Å²) in [5.41, 5.74) is 2.95. The van der Waals surface area contributed by atoms with E-state index in [0.717, 1.165) is 52.6 Å². The minimum Gasteiger partial charge on any atom is -0.494 e. The zero-order valence-electron chi connectivity index (χ0n) is 16.8. The molecule has 0 aliphatic rings. The maximum atomic E-state index is 5.89. The van der Waals surface area contributed by atoms with Crippen LogP contribution in [-0.4, -0.2) is 16.6 Å². The molecule has 0 bridgehead atoms. The maximum absolute atomic E-state index is 5.89. The Morgan fingerprint density at radius 3 is 2.72 bits per heavy atom. The van der Waals surface area contributed by atoms with Crippen LogP contribution in [0.1, 0.15) is 49.6 Å². The second kappa shape index (κ2) is 9.70. The number of thiazole rings is 1. The molecule has 0 unspecified atom stereocenters. The SMILES string of the molecule is CCCCCCCOc1ccc(Cc2nc(-c3cc4cnccc4o3)cs2)cc1. The first kappa shape index (κ1) is 19.6. The molecular formula is C24H26N2O2S. The number of hydrogen-bond acceptors (Lipinski definition) is 5. The number of furan rings is 1. The number of nitrogens with zero attached hydrogens (tertiary/aromatic N) is 2. The third-order valence-corrected chi connectivity index (χ3v) is 5.76. The van der Waals surface area contributed by atoms with E-state index in [0.29, 0.717) is 0 Å². The summed E-state index contributed by atoms with van der Waals surface area (Å²) >= 11 is 1.66. The maximum Gasteiger partial charge on any atom is 0.154 e. The van der Waals surface area contributed by atoms with Gasteiger partial charge in [0.2, 0.25) is 0 Å². The van der Waals surface area contributed by atoms with Gasteiger partial charge in [-0.3, -0.25) is 4.98 Å². The molecule has 0 radical (unpaired) electrons. The van der Waals surface area contributed by atoms with Crippen LogP contribution >= 0.6 is 11.3 Å². The second-order valence-corrected chi connectivity index (χ2v) is 8.18. The molecule has 0 saturated carbocycles. The van der Waals surface area contributed by atoms with Crippen molar-refractivity contribution in [1.29, 1.82) is 0 Å². The third-order valence-electron chi connectivity index (χ3n) is 4.92. The molecule has 0 aliphatic carbocycles. The van der Waals surface area contributed by atoms with Crippen molar-refractivity contribution in [3.63, 3.8) is 0 Å². The van der Waals surface area contributed by atoms with Crippen molar-refractivity contribution in [1.82, 2.24) is 9.97 Å². The van der Waals surface area contributed by atoms with E-state index >= 15 is 0 Å². The van der Waals surface area contributed by atoms with Gasteiger partial charge in [0.05, 0.1) is 11.6 Å². The Kier molecular flexibility index (Phi) is 6.57. The Hall–Kier alpha value is -2.66. The van der Waals surface area contributed by atoms with Crippen LogP contribution in [0.15, 0.2) is 58.6 Å². The van der Waals surface area contributed by atoms with Crippen molar-refractivity contribution in [3.8, 4) is 17.2 Å². The molecule has 0 atom stereocenters. The van der Waals surface area contributed by atoms with Gasteiger partial charge in [0.1, 0.15) is 17.0 Å². The Labute approximate surface area is 175 Å². The van der Waals surface area contributed by atoms with Gasteiger partial charge in [-0.2, -0.15) is 0 Å². The van der Waals surface area contributed by atoms with Crippen molar-refractivity contribution in [2.75, 3.05) is 6.61 Å². The predicted octanol–water partition coefficient (Wildman–Crippen LogP) is 6.89. The number of ether oxygens (including phenoxy) is 1. The van der Waals surface area contributed by atoms with E-state index in [4.69, 9.17) is 14.1 Å². The molecule has 0 aliphatic heterocycles. The average molecular weight is 407 g/mol. The topological polar surface area (TPSA) is 48.2 Å². The van der Waals surface area contributed by atoms with Crippen molar-refractivity contribution in [2.45, 2.75) is 45.4 Å². The minimum atomic E-state index is 0.790. The molecule has 4 nitrogen and oxygen atoms in total. The summed E-state index contributed by atoms with van der Waals surface area (Å²) in [6, 6.07) is 12.2. The average Bonchev–Trinajstić information content (AvgIpc) is 3.38. The molecule has 3 aromatic heterocycles. The Balaban J connectivity index is 1.31. The number of rotatable bonds is 10. The highest BCUT2D eigenvalue weighted by Crippen LogP contribution is 2.29. The molecule has 3 heterocycles. The molecule has 29 heavy (non-hydrogen) atoms. The number of fused-ring (bicyclic) bond motifs is 1. The minimum absolute atomic E-state index is 0.790. The molecule has 1 aromatic carbocycles. The number of benzene rings is 1. The molecule has 4 rings (SSSR count).